The third kappa shape index (κ3) is 4.76. The molecule has 0 saturated heterocycles. The largest absolute Gasteiger partial charge is 0.497 e. The van der Waals surface area contributed by atoms with Gasteiger partial charge in [-0.05, 0) is 59.7 Å². The Kier molecular flexibility index (Phi) is 5.90. The summed E-state index contributed by atoms with van der Waals surface area (Å²) in [6, 6.07) is 21.9. The number of rotatable bonds is 7. The zero-order valence-electron chi connectivity index (χ0n) is 15.1. The molecule has 0 N–H and O–H groups in total. The van der Waals surface area contributed by atoms with E-state index in [1.54, 1.807) is 49.6 Å². The molecule has 0 heterocycles. The SMILES string of the molecule is C=CCOc1ccc(-c2ccc(C(=O)Oc3ccc(OC)cc3)cc2)cc1. The first kappa shape index (κ1) is 18.3. The van der Waals surface area contributed by atoms with E-state index < -0.39 is 5.97 Å². The molecule has 0 aliphatic rings. The Hall–Kier alpha value is -3.53. The second-order valence-corrected chi connectivity index (χ2v) is 5.77. The summed E-state index contributed by atoms with van der Waals surface area (Å²) in [6.07, 6.45) is 1.71. The maximum absolute atomic E-state index is 12.3. The molecule has 4 heteroatoms. The van der Waals surface area contributed by atoms with Gasteiger partial charge >= 0.3 is 5.97 Å². The topological polar surface area (TPSA) is 44.8 Å². The molecule has 0 aliphatic carbocycles. The van der Waals surface area contributed by atoms with Crippen molar-refractivity contribution in [3.05, 3.63) is 91.0 Å². The molecule has 0 atom stereocenters. The van der Waals surface area contributed by atoms with E-state index >= 15 is 0 Å². The minimum Gasteiger partial charge on any atom is -0.497 e. The van der Waals surface area contributed by atoms with E-state index in [1.165, 1.54) is 0 Å². The van der Waals surface area contributed by atoms with Crippen molar-refractivity contribution < 1.29 is 19.0 Å². The molecule has 0 amide bonds. The van der Waals surface area contributed by atoms with Gasteiger partial charge in [0.2, 0.25) is 0 Å². The monoisotopic (exact) mass is 360 g/mol. The van der Waals surface area contributed by atoms with Crippen molar-refractivity contribution in [1.82, 2.24) is 0 Å². The summed E-state index contributed by atoms with van der Waals surface area (Å²) in [7, 11) is 1.59. The van der Waals surface area contributed by atoms with E-state index in [4.69, 9.17) is 14.2 Å². The van der Waals surface area contributed by atoms with Crippen molar-refractivity contribution >= 4 is 5.97 Å². The van der Waals surface area contributed by atoms with Gasteiger partial charge in [0.25, 0.3) is 0 Å². The fraction of sp³-hybridized carbons (Fsp3) is 0.0870. The van der Waals surface area contributed by atoms with E-state index in [-0.39, 0.29) is 0 Å². The van der Waals surface area contributed by atoms with Crippen LogP contribution in [0.4, 0.5) is 0 Å². The van der Waals surface area contributed by atoms with Gasteiger partial charge in [0.05, 0.1) is 12.7 Å². The van der Waals surface area contributed by atoms with Gasteiger partial charge in [0, 0.05) is 0 Å². The van der Waals surface area contributed by atoms with Crippen LogP contribution in [0.25, 0.3) is 11.1 Å². The van der Waals surface area contributed by atoms with Gasteiger partial charge < -0.3 is 14.2 Å². The molecule has 136 valence electrons. The number of carbonyl (C=O) groups excluding carboxylic acids is 1. The number of hydrogen-bond donors (Lipinski definition) is 0. The first-order chi connectivity index (χ1) is 13.2. The van der Waals surface area contributed by atoms with Gasteiger partial charge in [0.15, 0.2) is 0 Å². The Bertz CT molecular complexity index is 895. The van der Waals surface area contributed by atoms with Crippen LogP contribution in [0, 0.1) is 0 Å². The second kappa shape index (κ2) is 8.72. The number of carbonyl (C=O) groups is 1. The smallest absolute Gasteiger partial charge is 0.343 e. The van der Waals surface area contributed by atoms with E-state index in [9.17, 15) is 4.79 Å². The first-order valence-corrected chi connectivity index (χ1v) is 8.50. The number of ether oxygens (including phenoxy) is 3. The summed E-state index contributed by atoms with van der Waals surface area (Å²) >= 11 is 0. The maximum atomic E-state index is 12.3. The molecule has 0 saturated carbocycles. The predicted octanol–water partition coefficient (Wildman–Crippen LogP) is 5.15. The molecule has 0 unspecified atom stereocenters. The Balaban J connectivity index is 1.66. The normalized spacial score (nSPS) is 10.1. The lowest BCUT2D eigenvalue weighted by Gasteiger charge is -2.07. The lowest BCUT2D eigenvalue weighted by Crippen LogP contribution is -2.08. The van der Waals surface area contributed by atoms with Crippen LogP contribution in [0.5, 0.6) is 17.2 Å². The average Bonchev–Trinajstić information content (AvgIpc) is 2.73. The zero-order chi connectivity index (χ0) is 19.1. The highest BCUT2D eigenvalue weighted by Gasteiger charge is 2.09. The highest BCUT2D eigenvalue weighted by molar-refractivity contribution is 5.91. The molecule has 0 aromatic heterocycles. The quantitative estimate of drug-likeness (QED) is 0.332. The van der Waals surface area contributed by atoms with Crippen LogP contribution >= 0.6 is 0 Å². The van der Waals surface area contributed by atoms with Crippen LogP contribution in [0.2, 0.25) is 0 Å². The molecule has 3 rings (SSSR count). The van der Waals surface area contributed by atoms with Crippen molar-refractivity contribution in [3.63, 3.8) is 0 Å². The molecule has 4 nitrogen and oxygen atoms in total. The van der Waals surface area contributed by atoms with Gasteiger partial charge in [-0.1, -0.05) is 36.9 Å². The van der Waals surface area contributed by atoms with E-state index in [0.717, 1.165) is 16.9 Å². The summed E-state index contributed by atoms with van der Waals surface area (Å²) < 4.78 is 15.9. The van der Waals surface area contributed by atoms with E-state index in [0.29, 0.717) is 23.7 Å². The molecule has 27 heavy (non-hydrogen) atoms. The average molecular weight is 360 g/mol. The molecular formula is C23H20O4. The summed E-state index contributed by atoms with van der Waals surface area (Å²) in [5.41, 5.74) is 2.53. The van der Waals surface area contributed by atoms with E-state index in [1.807, 2.05) is 36.4 Å². The Morgan fingerprint density at radius 3 is 1.89 bits per heavy atom. The molecule has 3 aromatic rings. The Morgan fingerprint density at radius 1 is 0.815 bits per heavy atom. The second-order valence-electron chi connectivity index (χ2n) is 5.77. The van der Waals surface area contributed by atoms with Crippen molar-refractivity contribution in [3.8, 4) is 28.4 Å². The third-order valence-electron chi connectivity index (χ3n) is 3.95. The van der Waals surface area contributed by atoms with Crippen LogP contribution in [0.1, 0.15) is 10.4 Å². The van der Waals surface area contributed by atoms with Crippen LogP contribution in [0.3, 0.4) is 0 Å². The number of hydrogen-bond acceptors (Lipinski definition) is 4. The first-order valence-electron chi connectivity index (χ1n) is 8.50. The fourth-order valence-electron chi connectivity index (χ4n) is 2.51. The third-order valence-corrected chi connectivity index (χ3v) is 3.95. The zero-order valence-corrected chi connectivity index (χ0v) is 15.1. The predicted molar refractivity (Wildman–Crippen MR) is 106 cm³/mol. The van der Waals surface area contributed by atoms with Crippen molar-refractivity contribution in [2.24, 2.45) is 0 Å². The van der Waals surface area contributed by atoms with Gasteiger partial charge in [-0.2, -0.15) is 0 Å². The fourth-order valence-corrected chi connectivity index (χ4v) is 2.51. The van der Waals surface area contributed by atoms with Crippen LogP contribution < -0.4 is 14.2 Å². The van der Waals surface area contributed by atoms with Crippen molar-refractivity contribution in [2.75, 3.05) is 13.7 Å². The minimum atomic E-state index is -0.403. The van der Waals surface area contributed by atoms with Crippen LogP contribution in [0.15, 0.2) is 85.5 Å². The molecule has 0 spiro atoms. The summed E-state index contributed by atoms with van der Waals surface area (Å²) in [5, 5.41) is 0. The molecule has 3 aromatic carbocycles. The van der Waals surface area contributed by atoms with Crippen molar-refractivity contribution in [2.45, 2.75) is 0 Å². The van der Waals surface area contributed by atoms with E-state index in [2.05, 4.69) is 6.58 Å². The summed E-state index contributed by atoms with van der Waals surface area (Å²) in [5.74, 6) is 1.57. The summed E-state index contributed by atoms with van der Waals surface area (Å²) in [6.45, 7) is 4.11. The highest BCUT2D eigenvalue weighted by Crippen LogP contribution is 2.24. The number of benzene rings is 3. The Morgan fingerprint density at radius 2 is 1.33 bits per heavy atom. The molecule has 0 radical (unpaired) electrons. The van der Waals surface area contributed by atoms with Crippen LogP contribution in [-0.4, -0.2) is 19.7 Å². The number of esters is 1. The maximum Gasteiger partial charge on any atom is 0.343 e. The lowest BCUT2D eigenvalue weighted by atomic mass is 10.0. The molecule has 0 bridgehead atoms. The van der Waals surface area contributed by atoms with Gasteiger partial charge in [0.1, 0.15) is 23.9 Å². The van der Waals surface area contributed by atoms with Gasteiger partial charge in [-0.25, -0.2) is 4.79 Å². The highest BCUT2D eigenvalue weighted by atomic mass is 16.5. The van der Waals surface area contributed by atoms with Gasteiger partial charge in [-0.3, -0.25) is 0 Å². The summed E-state index contributed by atoms with van der Waals surface area (Å²) in [4.78, 5) is 12.3. The number of methoxy groups -OCH3 is 1. The standard InChI is InChI=1S/C23H20O4/c1-3-16-26-21-10-8-18(9-11-21)17-4-6-19(7-5-17)23(24)27-22-14-12-20(25-2)13-15-22/h3-15H,1,16H2,2H3. The Labute approximate surface area is 158 Å². The minimum absolute atomic E-state index is 0.403. The molecular weight excluding hydrogens is 340 g/mol. The molecule has 0 aliphatic heterocycles. The van der Waals surface area contributed by atoms with Crippen molar-refractivity contribution in [1.29, 1.82) is 0 Å². The lowest BCUT2D eigenvalue weighted by molar-refractivity contribution is 0.0734. The van der Waals surface area contributed by atoms with Crippen LogP contribution in [-0.2, 0) is 0 Å². The van der Waals surface area contributed by atoms with Gasteiger partial charge in [-0.15, -0.1) is 0 Å². The molecule has 0 fully saturated rings.